The third-order valence-electron chi connectivity index (χ3n) is 4.60. The van der Waals surface area contributed by atoms with Crippen molar-refractivity contribution in [2.75, 3.05) is 34.0 Å². The molecular weight excluding hydrogens is 330 g/mol. The minimum absolute atomic E-state index is 0.0127. The van der Waals surface area contributed by atoms with Crippen LogP contribution in [0.15, 0.2) is 30.3 Å². The lowest BCUT2D eigenvalue weighted by atomic mass is 9.88. The van der Waals surface area contributed by atoms with Gasteiger partial charge in [0.05, 0.1) is 33.5 Å². The predicted molar refractivity (Wildman–Crippen MR) is 102 cm³/mol. The summed E-state index contributed by atoms with van der Waals surface area (Å²) in [5, 5.41) is 3.61. The molecule has 0 fully saturated rings. The van der Waals surface area contributed by atoms with Gasteiger partial charge in [0.15, 0.2) is 23.0 Å². The van der Waals surface area contributed by atoms with Crippen LogP contribution in [0.4, 0.5) is 0 Å². The van der Waals surface area contributed by atoms with Crippen LogP contribution >= 0.6 is 0 Å². The topological polar surface area (TPSA) is 49.0 Å². The minimum atomic E-state index is 0.0127. The molecule has 5 heteroatoms. The van der Waals surface area contributed by atoms with Crippen molar-refractivity contribution in [1.82, 2.24) is 5.32 Å². The zero-order valence-corrected chi connectivity index (χ0v) is 15.9. The third kappa shape index (κ3) is 3.44. The van der Waals surface area contributed by atoms with Gasteiger partial charge in [0.1, 0.15) is 0 Å². The molecule has 1 heterocycles. The molecule has 0 amide bonds. The molecule has 0 bridgehead atoms. The first-order valence-corrected chi connectivity index (χ1v) is 9.10. The molecule has 0 aromatic heterocycles. The first kappa shape index (κ1) is 18.4. The van der Waals surface area contributed by atoms with E-state index in [1.807, 2.05) is 26.0 Å². The van der Waals surface area contributed by atoms with Gasteiger partial charge in [-0.1, -0.05) is 12.1 Å². The molecular formula is C21H27NO4. The van der Waals surface area contributed by atoms with Crippen molar-refractivity contribution in [2.45, 2.75) is 26.3 Å². The van der Waals surface area contributed by atoms with Crippen LogP contribution in [0.2, 0.25) is 0 Å². The standard InChI is InChI=1S/C21H27NO4/c1-5-25-18-12-14-10-11-22-20(16(14)13-19(18)26-6-2)15-8-7-9-17(23-3)21(15)24-4/h7-9,12-13,20,22H,5-6,10-11H2,1-4H3/t20-/m1/s1. The second-order valence-corrected chi connectivity index (χ2v) is 6.08. The molecule has 0 radical (unpaired) electrons. The van der Waals surface area contributed by atoms with Crippen molar-refractivity contribution in [2.24, 2.45) is 0 Å². The van der Waals surface area contributed by atoms with E-state index < -0.39 is 0 Å². The van der Waals surface area contributed by atoms with Crippen LogP contribution in [0.25, 0.3) is 0 Å². The average Bonchev–Trinajstić information content (AvgIpc) is 2.67. The van der Waals surface area contributed by atoms with Gasteiger partial charge >= 0.3 is 0 Å². The SMILES string of the molecule is CCOc1cc2c(cc1OCC)[C@@H](c1cccc(OC)c1OC)NCC2. The van der Waals surface area contributed by atoms with Gasteiger partial charge in [-0.05, 0) is 49.6 Å². The Morgan fingerprint density at radius 1 is 0.923 bits per heavy atom. The number of methoxy groups -OCH3 is 2. The van der Waals surface area contributed by atoms with Crippen molar-refractivity contribution >= 4 is 0 Å². The van der Waals surface area contributed by atoms with Crippen LogP contribution in [-0.2, 0) is 6.42 Å². The van der Waals surface area contributed by atoms with Crippen LogP contribution in [0.5, 0.6) is 23.0 Å². The number of fused-ring (bicyclic) bond motifs is 1. The maximum atomic E-state index is 5.83. The zero-order chi connectivity index (χ0) is 18.5. The summed E-state index contributed by atoms with van der Waals surface area (Å²) < 4.78 is 22.7. The highest BCUT2D eigenvalue weighted by molar-refractivity contribution is 5.56. The Kier molecular flexibility index (Phi) is 5.89. The van der Waals surface area contributed by atoms with E-state index in [1.54, 1.807) is 14.2 Å². The molecule has 5 nitrogen and oxygen atoms in total. The van der Waals surface area contributed by atoms with Crippen molar-refractivity contribution in [3.8, 4) is 23.0 Å². The summed E-state index contributed by atoms with van der Waals surface area (Å²) in [6, 6.07) is 10.2. The molecule has 0 aliphatic carbocycles. The van der Waals surface area contributed by atoms with Crippen molar-refractivity contribution in [3.05, 3.63) is 47.0 Å². The molecule has 0 saturated heterocycles. The van der Waals surface area contributed by atoms with Crippen molar-refractivity contribution in [3.63, 3.8) is 0 Å². The summed E-state index contributed by atoms with van der Waals surface area (Å²) in [6.07, 6.45) is 0.949. The van der Waals surface area contributed by atoms with E-state index in [4.69, 9.17) is 18.9 Å². The highest BCUT2D eigenvalue weighted by Crippen LogP contribution is 2.42. The molecule has 1 atom stereocenters. The number of hydrogen-bond acceptors (Lipinski definition) is 5. The van der Waals surface area contributed by atoms with Gasteiger partial charge in [0.25, 0.3) is 0 Å². The second kappa shape index (κ2) is 8.32. The van der Waals surface area contributed by atoms with Crippen LogP contribution < -0.4 is 24.3 Å². The van der Waals surface area contributed by atoms with Crippen LogP contribution in [-0.4, -0.2) is 34.0 Å². The molecule has 1 aliphatic heterocycles. The maximum absolute atomic E-state index is 5.83. The Morgan fingerprint density at radius 3 is 2.31 bits per heavy atom. The fourth-order valence-electron chi connectivity index (χ4n) is 3.52. The van der Waals surface area contributed by atoms with Gasteiger partial charge in [-0.2, -0.15) is 0 Å². The molecule has 140 valence electrons. The smallest absolute Gasteiger partial charge is 0.165 e. The highest BCUT2D eigenvalue weighted by atomic mass is 16.5. The fourth-order valence-corrected chi connectivity index (χ4v) is 3.52. The lowest BCUT2D eigenvalue weighted by Gasteiger charge is -2.30. The summed E-state index contributed by atoms with van der Waals surface area (Å²) in [7, 11) is 3.33. The Morgan fingerprint density at radius 2 is 1.65 bits per heavy atom. The van der Waals surface area contributed by atoms with E-state index in [9.17, 15) is 0 Å². The molecule has 3 rings (SSSR count). The predicted octanol–water partition coefficient (Wildman–Crippen LogP) is 3.74. The molecule has 0 saturated carbocycles. The summed E-state index contributed by atoms with van der Waals surface area (Å²) in [6.45, 7) is 6.07. The van der Waals surface area contributed by atoms with Gasteiger partial charge in [0.2, 0.25) is 0 Å². The number of ether oxygens (including phenoxy) is 4. The van der Waals surface area contributed by atoms with Gasteiger partial charge in [0, 0.05) is 12.1 Å². The van der Waals surface area contributed by atoms with E-state index in [-0.39, 0.29) is 6.04 Å². The first-order valence-electron chi connectivity index (χ1n) is 9.10. The van der Waals surface area contributed by atoms with Gasteiger partial charge in [-0.25, -0.2) is 0 Å². The number of rotatable bonds is 7. The van der Waals surface area contributed by atoms with E-state index in [0.29, 0.717) is 13.2 Å². The lowest BCUT2D eigenvalue weighted by Crippen LogP contribution is -2.31. The molecule has 1 N–H and O–H groups in total. The quantitative estimate of drug-likeness (QED) is 0.818. The average molecular weight is 357 g/mol. The van der Waals surface area contributed by atoms with E-state index in [2.05, 4.69) is 23.5 Å². The summed E-state index contributed by atoms with van der Waals surface area (Å²) >= 11 is 0. The van der Waals surface area contributed by atoms with Crippen molar-refractivity contribution < 1.29 is 18.9 Å². The van der Waals surface area contributed by atoms with Gasteiger partial charge in [-0.15, -0.1) is 0 Å². The normalized spacial score (nSPS) is 15.9. The lowest BCUT2D eigenvalue weighted by molar-refractivity contribution is 0.286. The van der Waals surface area contributed by atoms with Crippen LogP contribution in [0.3, 0.4) is 0 Å². The van der Waals surface area contributed by atoms with Gasteiger partial charge < -0.3 is 24.3 Å². The third-order valence-corrected chi connectivity index (χ3v) is 4.60. The van der Waals surface area contributed by atoms with Crippen LogP contribution in [0.1, 0.15) is 36.6 Å². The monoisotopic (exact) mass is 357 g/mol. The Balaban J connectivity index is 2.10. The number of hydrogen-bond donors (Lipinski definition) is 1. The first-order chi connectivity index (χ1) is 12.7. The van der Waals surface area contributed by atoms with E-state index in [1.165, 1.54) is 11.1 Å². The fraction of sp³-hybridized carbons (Fsp3) is 0.429. The number of para-hydroxylation sites is 1. The van der Waals surface area contributed by atoms with Crippen LogP contribution in [0, 0.1) is 0 Å². The second-order valence-electron chi connectivity index (χ2n) is 6.08. The Hall–Kier alpha value is -2.40. The molecule has 0 unspecified atom stereocenters. The summed E-state index contributed by atoms with van der Waals surface area (Å²) in [4.78, 5) is 0. The van der Waals surface area contributed by atoms with Crippen molar-refractivity contribution in [1.29, 1.82) is 0 Å². The molecule has 2 aromatic rings. The minimum Gasteiger partial charge on any atom is -0.493 e. The molecule has 0 spiro atoms. The molecule has 26 heavy (non-hydrogen) atoms. The Bertz CT molecular complexity index is 760. The maximum Gasteiger partial charge on any atom is 0.165 e. The van der Waals surface area contributed by atoms with Gasteiger partial charge in [-0.3, -0.25) is 0 Å². The Labute approximate surface area is 155 Å². The van der Waals surface area contributed by atoms with E-state index in [0.717, 1.165) is 41.5 Å². The highest BCUT2D eigenvalue weighted by Gasteiger charge is 2.27. The zero-order valence-electron chi connectivity index (χ0n) is 15.9. The summed E-state index contributed by atoms with van der Waals surface area (Å²) in [5.74, 6) is 3.08. The number of benzene rings is 2. The van der Waals surface area contributed by atoms with E-state index >= 15 is 0 Å². The molecule has 1 aliphatic rings. The largest absolute Gasteiger partial charge is 0.493 e. The molecule has 2 aromatic carbocycles. The summed E-state index contributed by atoms with van der Waals surface area (Å²) in [5.41, 5.74) is 3.51. The number of nitrogens with one attached hydrogen (secondary N) is 1.